The van der Waals surface area contributed by atoms with Gasteiger partial charge in [0.1, 0.15) is 0 Å². The molecule has 3 nitrogen and oxygen atoms in total. The van der Waals surface area contributed by atoms with E-state index < -0.39 is 0 Å². The summed E-state index contributed by atoms with van der Waals surface area (Å²) in [4.78, 5) is 0. The Morgan fingerprint density at radius 2 is 2.11 bits per heavy atom. The quantitative estimate of drug-likeness (QED) is 0.915. The average Bonchev–Trinajstić information content (AvgIpc) is 2.77. The van der Waals surface area contributed by atoms with E-state index >= 15 is 0 Å². The molecule has 3 rings (SSSR count). The number of nitrogens with zero attached hydrogens (tertiary/aromatic N) is 2. The minimum Gasteiger partial charge on any atom is -0.330 e. The standard InChI is InChI=1S/C16H21N3/c1-19-15-9-5-8-13(11-17)16(15)14(18-19)10-12-6-3-2-4-7-12/h2-4,6-7,13H,5,8-11,17H2,1H3. The van der Waals surface area contributed by atoms with Crippen molar-refractivity contribution in [1.29, 1.82) is 0 Å². The number of rotatable bonds is 3. The Hall–Kier alpha value is -1.61. The highest BCUT2D eigenvalue weighted by Gasteiger charge is 2.26. The number of benzene rings is 1. The topological polar surface area (TPSA) is 43.8 Å². The lowest BCUT2D eigenvalue weighted by Gasteiger charge is -2.22. The summed E-state index contributed by atoms with van der Waals surface area (Å²) in [5.74, 6) is 0.496. The number of hydrogen-bond donors (Lipinski definition) is 1. The zero-order valence-corrected chi connectivity index (χ0v) is 11.5. The van der Waals surface area contributed by atoms with Gasteiger partial charge < -0.3 is 5.73 Å². The van der Waals surface area contributed by atoms with Gasteiger partial charge in [-0.05, 0) is 37.3 Å². The first-order valence-electron chi connectivity index (χ1n) is 7.08. The first-order chi connectivity index (χ1) is 9.29. The molecule has 2 N–H and O–H groups in total. The van der Waals surface area contributed by atoms with Gasteiger partial charge in [-0.25, -0.2) is 0 Å². The van der Waals surface area contributed by atoms with Gasteiger partial charge in [-0.1, -0.05) is 30.3 Å². The van der Waals surface area contributed by atoms with Crippen molar-refractivity contribution in [3.05, 3.63) is 52.8 Å². The SMILES string of the molecule is Cn1nc(Cc2ccccc2)c2c1CCCC2CN. The lowest BCUT2D eigenvalue weighted by Crippen LogP contribution is -2.19. The molecule has 0 fully saturated rings. The van der Waals surface area contributed by atoms with Gasteiger partial charge >= 0.3 is 0 Å². The maximum Gasteiger partial charge on any atom is 0.0706 e. The van der Waals surface area contributed by atoms with Gasteiger partial charge in [-0.3, -0.25) is 4.68 Å². The van der Waals surface area contributed by atoms with E-state index in [9.17, 15) is 0 Å². The number of aryl methyl sites for hydroxylation is 1. The molecule has 1 aromatic heterocycles. The van der Waals surface area contributed by atoms with E-state index in [-0.39, 0.29) is 0 Å². The van der Waals surface area contributed by atoms with Crippen molar-refractivity contribution in [3.63, 3.8) is 0 Å². The summed E-state index contributed by atoms with van der Waals surface area (Å²) in [6, 6.07) is 10.6. The summed E-state index contributed by atoms with van der Waals surface area (Å²) >= 11 is 0. The lowest BCUT2D eigenvalue weighted by molar-refractivity contribution is 0.540. The van der Waals surface area contributed by atoms with E-state index in [2.05, 4.69) is 42.1 Å². The van der Waals surface area contributed by atoms with E-state index in [0.29, 0.717) is 5.92 Å². The molecule has 2 aromatic rings. The molecular weight excluding hydrogens is 234 g/mol. The van der Waals surface area contributed by atoms with Crippen LogP contribution in [0.3, 0.4) is 0 Å². The fraction of sp³-hybridized carbons (Fsp3) is 0.438. The fourth-order valence-corrected chi connectivity index (χ4v) is 3.22. The van der Waals surface area contributed by atoms with Crippen LogP contribution in [0.1, 0.15) is 41.3 Å². The van der Waals surface area contributed by atoms with Crippen molar-refractivity contribution in [2.24, 2.45) is 12.8 Å². The van der Waals surface area contributed by atoms with Gasteiger partial charge in [0.05, 0.1) is 5.69 Å². The maximum atomic E-state index is 5.95. The third kappa shape index (κ3) is 2.30. The van der Waals surface area contributed by atoms with Crippen LogP contribution in [0, 0.1) is 0 Å². The van der Waals surface area contributed by atoms with E-state index in [1.54, 1.807) is 0 Å². The predicted molar refractivity (Wildman–Crippen MR) is 77.2 cm³/mol. The van der Waals surface area contributed by atoms with Gasteiger partial charge in [-0.2, -0.15) is 5.10 Å². The van der Waals surface area contributed by atoms with Crippen LogP contribution >= 0.6 is 0 Å². The molecule has 1 atom stereocenters. The summed E-state index contributed by atoms with van der Waals surface area (Å²) in [6.45, 7) is 0.737. The van der Waals surface area contributed by atoms with Crippen molar-refractivity contribution >= 4 is 0 Å². The maximum absolute atomic E-state index is 5.95. The average molecular weight is 255 g/mol. The van der Waals surface area contributed by atoms with Crippen LogP contribution in [0.15, 0.2) is 30.3 Å². The van der Waals surface area contributed by atoms with E-state index in [1.807, 2.05) is 0 Å². The van der Waals surface area contributed by atoms with Crippen LogP contribution in [0.4, 0.5) is 0 Å². The van der Waals surface area contributed by atoms with Gasteiger partial charge in [0.2, 0.25) is 0 Å². The highest BCUT2D eigenvalue weighted by Crippen LogP contribution is 2.34. The van der Waals surface area contributed by atoms with Crippen molar-refractivity contribution in [1.82, 2.24) is 9.78 Å². The van der Waals surface area contributed by atoms with Gasteiger partial charge in [0, 0.05) is 24.7 Å². The Balaban J connectivity index is 1.98. The van der Waals surface area contributed by atoms with Gasteiger partial charge in [-0.15, -0.1) is 0 Å². The van der Waals surface area contributed by atoms with Crippen LogP contribution in [0.2, 0.25) is 0 Å². The largest absolute Gasteiger partial charge is 0.330 e. The minimum atomic E-state index is 0.496. The van der Waals surface area contributed by atoms with Crippen LogP contribution in [-0.4, -0.2) is 16.3 Å². The summed E-state index contributed by atoms with van der Waals surface area (Å²) in [6.07, 6.45) is 4.50. The molecule has 1 aliphatic rings. The molecule has 0 saturated heterocycles. The fourth-order valence-electron chi connectivity index (χ4n) is 3.22. The third-order valence-electron chi connectivity index (χ3n) is 4.16. The Labute approximate surface area is 114 Å². The second-order valence-electron chi connectivity index (χ2n) is 5.42. The molecule has 0 spiro atoms. The molecule has 0 amide bonds. The highest BCUT2D eigenvalue weighted by molar-refractivity contribution is 5.36. The molecule has 0 bridgehead atoms. The molecule has 0 saturated carbocycles. The normalized spacial score (nSPS) is 18.3. The van der Waals surface area contributed by atoms with E-state index in [0.717, 1.165) is 19.4 Å². The third-order valence-corrected chi connectivity index (χ3v) is 4.16. The smallest absolute Gasteiger partial charge is 0.0706 e. The molecule has 100 valence electrons. The number of hydrogen-bond acceptors (Lipinski definition) is 2. The van der Waals surface area contributed by atoms with Crippen molar-refractivity contribution in [3.8, 4) is 0 Å². The summed E-state index contributed by atoms with van der Waals surface area (Å²) < 4.78 is 2.06. The zero-order valence-electron chi connectivity index (χ0n) is 11.5. The Morgan fingerprint density at radius 3 is 2.84 bits per heavy atom. The first kappa shape index (κ1) is 12.4. The summed E-state index contributed by atoms with van der Waals surface area (Å²) in [5, 5.41) is 4.75. The second-order valence-corrected chi connectivity index (χ2v) is 5.42. The number of nitrogens with two attached hydrogens (primary N) is 1. The van der Waals surface area contributed by atoms with E-state index in [4.69, 9.17) is 10.8 Å². The van der Waals surface area contributed by atoms with Crippen LogP contribution in [-0.2, 0) is 19.9 Å². The molecule has 3 heteroatoms. The minimum absolute atomic E-state index is 0.496. The summed E-state index contributed by atoms with van der Waals surface area (Å²) in [5.41, 5.74) is 11.3. The Kier molecular flexibility index (Phi) is 3.38. The highest BCUT2D eigenvalue weighted by atomic mass is 15.3. The van der Waals surface area contributed by atoms with Crippen molar-refractivity contribution in [2.45, 2.75) is 31.6 Å². The summed E-state index contributed by atoms with van der Waals surface area (Å²) in [7, 11) is 2.06. The molecule has 1 unspecified atom stereocenters. The Bertz CT molecular complexity index is 557. The Morgan fingerprint density at radius 1 is 1.32 bits per heavy atom. The molecular formula is C16H21N3. The van der Waals surface area contributed by atoms with Crippen molar-refractivity contribution in [2.75, 3.05) is 6.54 Å². The van der Waals surface area contributed by atoms with Gasteiger partial charge in [0.25, 0.3) is 0 Å². The monoisotopic (exact) mass is 255 g/mol. The van der Waals surface area contributed by atoms with Crippen molar-refractivity contribution < 1.29 is 0 Å². The number of aromatic nitrogens is 2. The van der Waals surface area contributed by atoms with Crippen LogP contribution in [0.25, 0.3) is 0 Å². The molecule has 1 aromatic carbocycles. The lowest BCUT2D eigenvalue weighted by atomic mass is 9.84. The first-order valence-corrected chi connectivity index (χ1v) is 7.08. The predicted octanol–water partition coefficient (Wildman–Crippen LogP) is 2.39. The molecule has 0 radical (unpaired) electrons. The van der Waals surface area contributed by atoms with Crippen LogP contribution < -0.4 is 5.73 Å². The molecule has 19 heavy (non-hydrogen) atoms. The molecule has 1 heterocycles. The number of fused-ring (bicyclic) bond motifs is 1. The second kappa shape index (κ2) is 5.17. The van der Waals surface area contributed by atoms with E-state index in [1.165, 1.54) is 35.4 Å². The van der Waals surface area contributed by atoms with Gasteiger partial charge in [0.15, 0.2) is 0 Å². The molecule has 0 aliphatic heterocycles. The zero-order chi connectivity index (χ0) is 13.2. The van der Waals surface area contributed by atoms with Crippen LogP contribution in [0.5, 0.6) is 0 Å². The molecule has 1 aliphatic carbocycles.